The molecule has 1 heterocycles. The molecule has 0 bridgehead atoms. The first-order chi connectivity index (χ1) is 9.74. The summed E-state index contributed by atoms with van der Waals surface area (Å²) in [5.41, 5.74) is 1.61. The fourth-order valence-corrected chi connectivity index (χ4v) is 2.21. The smallest absolute Gasteiger partial charge is 0.208 e. The maximum absolute atomic E-state index is 6.17. The Morgan fingerprint density at radius 3 is 2.05 bits per heavy atom. The van der Waals surface area contributed by atoms with E-state index in [1.165, 1.54) is 0 Å². The van der Waals surface area contributed by atoms with Gasteiger partial charge in [0.2, 0.25) is 5.28 Å². The van der Waals surface area contributed by atoms with Gasteiger partial charge >= 0.3 is 0 Å². The molecule has 0 aliphatic carbocycles. The van der Waals surface area contributed by atoms with Gasteiger partial charge < -0.3 is 0 Å². The summed E-state index contributed by atoms with van der Waals surface area (Å²) in [5, 5.41) is 0.725. The van der Waals surface area contributed by atoms with Crippen molar-refractivity contribution in [2.24, 2.45) is 0 Å². The SMILES string of the molecule is Clc1nc(-c2ccccc2)nc(-c2ccccc2Cl)n1. The lowest BCUT2D eigenvalue weighted by Gasteiger charge is -2.05. The predicted molar refractivity (Wildman–Crippen MR) is 80.7 cm³/mol. The Kier molecular flexibility index (Phi) is 3.63. The van der Waals surface area contributed by atoms with Crippen molar-refractivity contribution in [3.8, 4) is 22.8 Å². The van der Waals surface area contributed by atoms with Crippen LogP contribution < -0.4 is 0 Å². The molecule has 3 rings (SSSR count). The molecule has 1 aromatic heterocycles. The molecule has 0 fully saturated rings. The van der Waals surface area contributed by atoms with Crippen molar-refractivity contribution in [2.45, 2.75) is 0 Å². The summed E-state index contributed by atoms with van der Waals surface area (Å²) in [6.45, 7) is 0. The molecule has 0 unspecified atom stereocenters. The van der Waals surface area contributed by atoms with Gasteiger partial charge in [-0.3, -0.25) is 0 Å². The van der Waals surface area contributed by atoms with Crippen LogP contribution in [0.2, 0.25) is 10.3 Å². The zero-order valence-electron chi connectivity index (χ0n) is 10.3. The molecule has 3 aromatic rings. The van der Waals surface area contributed by atoms with Crippen molar-refractivity contribution >= 4 is 23.2 Å². The average molecular weight is 302 g/mol. The molecule has 3 nitrogen and oxygen atoms in total. The summed E-state index contributed by atoms with van der Waals surface area (Å²) >= 11 is 12.2. The lowest BCUT2D eigenvalue weighted by atomic mass is 10.2. The number of rotatable bonds is 2. The highest BCUT2D eigenvalue weighted by Gasteiger charge is 2.11. The van der Waals surface area contributed by atoms with Crippen molar-refractivity contribution in [3.05, 3.63) is 64.9 Å². The van der Waals surface area contributed by atoms with E-state index in [4.69, 9.17) is 23.2 Å². The maximum atomic E-state index is 6.17. The van der Waals surface area contributed by atoms with Gasteiger partial charge in [0.05, 0.1) is 5.02 Å². The summed E-state index contributed by atoms with van der Waals surface area (Å²) in [4.78, 5) is 12.8. The summed E-state index contributed by atoms with van der Waals surface area (Å²) < 4.78 is 0. The molecular weight excluding hydrogens is 293 g/mol. The number of hydrogen-bond acceptors (Lipinski definition) is 3. The Morgan fingerprint density at radius 1 is 0.650 bits per heavy atom. The molecule has 0 atom stereocenters. The Bertz CT molecular complexity index is 745. The van der Waals surface area contributed by atoms with Crippen LogP contribution in [-0.4, -0.2) is 15.0 Å². The van der Waals surface area contributed by atoms with Crippen LogP contribution in [0.1, 0.15) is 0 Å². The topological polar surface area (TPSA) is 38.7 Å². The third kappa shape index (κ3) is 2.64. The van der Waals surface area contributed by atoms with Crippen LogP contribution in [0.5, 0.6) is 0 Å². The third-order valence-electron chi connectivity index (χ3n) is 2.75. The fourth-order valence-electron chi connectivity index (χ4n) is 1.83. The lowest BCUT2D eigenvalue weighted by Crippen LogP contribution is -1.97. The van der Waals surface area contributed by atoms with Gasteiger partial charge in [-0.1, -0.05) is 54.1 Å². The Balaban J connectivity index is 2.15. The lowest BCUT2D eigenvalue weighted by molar-refractivity contribution is 1.07. The van der Waals surface area contributed by atoms with Gasteiger partial charge in [-0.05, 0) is 23.7 Å². The van der Waals surface area contributed by atoms with E-state index in [-0.39, 0.29) is 5.28 Å². The predicted octanol–water partition coefficient (Wildman–Crippen LogP) is 4.51. The standard InChI is InChI=1S/C15H9Cl2N3/c16-12-9-5-4-8-11(12)14-18-13(19-15(17)20-14)10-6-2-1-3-7-10/h1-9H. The molecule has 0 aliphatic heterocycles. The van der Waals surface area contributed by atoms with E-state index in [0.29, 0.717) is 16.7 Å². The zero-order chi connectivity index (χ0) is 13.9. The normalized spacial score (nSPS) is 10.5. The van der Waals surface area contributed by atoms with Crippen LogP contribution in [0.15, 0.2) is 54.6 Å². The minimum atomic E-state index is 0.147. The first-order valence-electron chi connectivity index (χ1n) is 5.96. The second-order valence-electron chi connectivity index (χ2n) is 4.10. The second-order valence-corrected chi connectivity index (χ2v) is 4.84. The van der Waals surface area contributed by atoms with Crippen LogP contribution in [0.3, 0.4) is 0 Å². The van der Waals surface area contributed by atoms with Gasteiger partial charge in [-0.15, -0.1) is 0 Å². The summed E-state index contributed by atoms with van der Waals surface area (Å²) in [6.07, 6.45) is 0. The van der Waals surface area contributed by atoms with Crippen LogP contribution in [0.25, 0.3) is 22.8 Å². The molecule has 0 saturated heterocycles. The molecule has 5 heteroatoms. The highest BCUT2D eigenvalue weighted by molar-refractivity contribution is 6.33. The van der Waals surface area contributed by atoms with Gasteiger partial charge in [0, 0.05) is 11.1 Å². The van der Waals surface area contributed by atoms with E-state index in [9.17, 15) is 0 Å². The molecule has 0 amide bonds. The largest absolute Gasteiger partial charge is 0.226 e. The van der Waals surface area contributed by atoms with Crippen LogP contribution in [0.4, 0.5) is 0 Å². The molecule has 98 valence electrons. The van der Waals surface area contributed by atoms with Crippen molar-refractivity contribution in [1.82, 2.24) is 15.0 Å². The van der Waals surface area contributed by atoms with E-state index in [1.54, 1.807) is 6.07 Å². The zero-order valence-corrected chi connectivity index (χ0v) is 11.8. The highest BCUT2D eigenvalue weighted by Crippen LogP contribution is 2.27. The van der Waals surface area contributed by atoms with Gasteiger partial charge in [0.15, 0.2) is 11.6 Å². The molecule has 20 heavy (non-hydrogen) atoms. The van der Waals surface area contributed by atoms with Crippen molar-refractivity contribution in [3.63, 3.8) is 0 Å². The first kappa shape index (κ1) is 13.0. The van der Waals surface area contributed by atoms with Crippen molar-refractivity contribution in [1.29, 1.82) is 0 Å². The number of halogens is 2. The number of nitrogens with zero attached hydrogens (tertiary/aromatic N) is 3. The Morgan fingerprint density at radius 2 is 1.30 bits per heavy atom. The summed E-state index contributed by atoms with van der Waals surface area (Å²) in [7, 11) is 0. The maximum Gasteiger partial charge on any atom is 0.226 e. The average Bonchev–Trinajstić information content (AvgIpc) is 2.48. The summed E-state index contributed by atoms with van der Waals surface area (Å²) in [5.74, 6) is 0.995. The fraction of sp³-hybridized carbons (Fsp3) is 0. The quantitative estimate of drug-likeness (QED) is 0.699. The van der Waals surface area contributed by atoms with E-state index < -0.39 is 0 Å². The Labute approximate surface area is 126 Å². The minimum absolute atomic E-state index is 0.147. The van der Waals surface area contributed by atoms with E-state index in [2.05, 4.69) is 15.0 Å². The van der Waals surface area contributed by atoms with Gasteiger partial charge in [0.1, 0.15) is 0 Å². The van der Waals surface area contributed by atoms with Gasteiger partial charge in [-0.25, -0.2) is 4.98 Å². The second kappa shape index (κ2) is 5.57. The van der Waals surface area contributed by atoms with Crippen LogP contribution >= 0.6 is 23.2 Å². The van der Waals surface area contributed by atoms with Crippen LogP contribution in [0, 0.1) is 0 Å². The van der Waals surface area contributed by atoms with Gasteiger partial charge in [0.25, 0.3) is 0 Å². The molecule has 2 aromatic carbocycles. The number of hydrogen-bond donors (Lipinski definition) is 0. The number of benzene rings is 2. The molecule has 0 spiro atoms. The molecule has 0 N–H and O–H groups in total. The van der Waals surface area contributed by atoms with E-state index in [0.717, 1.165) is 11.1 Å². The molecule has 0 saturated carbocycles. The third-order valence-corrected chi connectivity index (χ3v) is 3.25. The summed E-state index contributed by atoms with van der Waals surface area (Å²) in [6, 6.07) is 17.0. The minimum Gasteiger partial charge on any atom is -0.208 e. The van der Waals surface area contributed by atoms with Crippen molar-refractivity contribution in [2.75, 3.05) is 0 Å². The molecule has 0 radical (unpaired) electrons. The molecular formula is C15H9Cl2N3. The monoisotopic (exact) mass is 301 g/mol. The van der Waals surface area contributed by atoms with Gasteiger partial charge in [-0.2, -0.15) is 9.97 Å². The Hall–Kier alpha value is -1.97. The molecule has 0 aliphatic rings. The first-order valence-corrected chi connectivity index (χ1v) is 6.71. The van der Waals surface area contributed by atoms with E-state index >= 15 is 0 Å². The number of aromatic nitrogens is 3. The highest BCUT2D eigenvalue weighted by atomic mass is 35.5. The van der Waals surface area contributed by atoms with Crippen molar-refractivity contribution < 1.29 is 0 Å². The van der Waals surface area contributed by atoms with Crippen LogP contribution in [-0.2, 0) is 0 Å². The van der Waals surface area contributed by atoms with E-state index in [1.807, 2.05) is 48.5 Å².